The van der Waals surface area contributed by atoms with Crippen LogP contribution in [0.15, 0.2) is 223 Å². The van der Waals surface area contributed by atoms with Gasteiger partial charge >= 0.3 is 0 Å². The molecule has 1 spiro atoms. The third kappa shape index (κ3) is 4.64. The van der Waals surface area contributed by atoms with Crippen LogP contribution in [0.3, 0.4) is 0 Å². The molecule has 12 aromatic rings. The van der Waals surface area contributed by atoms with Crippen LogP contribution in [0.4, 0.5) is 17.1 Å². The number of fused-ring (bicyclic) bond motifs is 14. The summed E-state index contributed by atoms with van der Waals surface area (Å²) in [6.07, 6.45) is 0. The molecule has 1 aliphatic heterocycles. The lowest BCUT2D eigenvalue weighted by Gasteiger charge is -2.45. The van der Waals surface area contributed by atoms with Gasteiger partial charge in [-0.1, -0.05) is 140 Å². The molecular formula is C59H36N2O2. The summed E-state index contributed by atoms with van der Waals surface area (Å²) in [5.74, 6) is 1.74. The van der Waals surface area contributed by atoms with Gasteiger partial charge in [0.15, 0.2) is 0 Å². The molecule has 0 saturated heterocycles. The highest BCUT2D eigenvalue weighted by molar-refractivity contribution is 6.15. The Kier molecular flexibility index (Phi) is 7.01. The number of hydrogen-bond acceptors (Lipinski definition) is 3. The van der Waals surface area contributed by atoms with Gasteiger partial charge < -0.3 is 18.6 Å². The second-order valence-electron chi connectivity index (χ2n) is 16.8. The molecule has 3 heterocycles. The van der Waals surface area contributed by atoms with E-state index in [1.54, 1.807) is 0 Å². The van der Waals surface area contributed by atoms with Crippen molar-refractivity contribution >= 4 is 71.6 Å². The molecule has 14 rings (SSSR count). The van der Waals surface area contributed by atoms with Gasteiger partial charge in [-0.05, 0) is 112 Å². The van der Waals surface area contributed by atoms with E-state index in [1.807, 2.05) is 6.07 Å². The number of anilines is 3. The van der Waals surface area contributed by atoms with E-state index in [-0.39, 0.29) is 0 Å². The molecular weight excluding hydrogens is 769 g/mol. The van der Waals surface area contributed by atoms with Gasteiger partial charge in [0.2, 0.25) is 0 Å². The number of para-hydroxylation sites is 4. The van der Waals surface area contributed by atoms with Gasteiger partial charge in [-0.25, -0.2) is 0 Å². The topological polar surface area (TPSA) is 30.5 Å². The molecule has 0 N–H and O–H groups in total. The molecule has 0 saturated carbocycles. The normalized spacial score (nSPS) is 14.9. The molecule has 2 aromatic heterocycles. The number of hydrogen-bond donors (Lipinski definition) is 0. The van der Waals surface area contributed by atoms with E-state index < -0.39 is 5.41 Å². The molecule has 10 aromatic carbocycles. The van der Waals surface area contributed by atoms with Crippen LogP contribution in [-0.2, 0) is 5.41 Å². The molecule has 4 nitrogen and oxygen atoms in total. The molecule has 1 aliphatic carbocycles. The predicted molar refractivity (Wildman–Crippen MR) is 258 cm³/mol. The lowest BCUT2D eigenvalue weighted by molar-refractivity contribution is 0.435. The van der Waals surface area contributed by atoms with Crippen molar-refractivity contribution in [1.29, 1.82) is 0 Å². The average molecular weight is 805 g/mol. The van der Waals surface area contributed by atoms with Crippen molar-refractivity contribution in [1.82, 2.24) is 4.57 Å². The van der Waals surface area contributed by atoms with Gasteiger partial charge in [0.1, 0.15) is 22.7 Å². The number of ether oxygens (including phenoxy) is 1. The average Bonchev–Trinajstić information content (AvgIpc) is 3.89. The lowest BCUT2D eigenvalue weighted by Crippen LogP contribution is -2.36. The summed E-state index contributed by atoms with van der Waals surface area (Å²) in [5.41, 5.74) is 15.0. The lowest BCUT2D eigenvalue weighted by atomic mass is 9.58. The molecule has 0 amide bonds. The smallest absolute Gasteiger partial charge is 0.137 e. The molecule has 1 atom stereocenters. The van der Waals surface area contributed by atoms with Crippen LogP contribution in [0.25, 0.3) is 71.3 Å². The summed E-state index contributed by atoms with van der Waals surface area (Å²) in [5, 5.41) is 7.10. The minimum Gasteiger partial charge on any atom is -0.457 e. The zero-order chi connectivity index (χ0) is 41.2. The zero-order valence-electron chi connectivity index (χ0n) is 34.0. The Morgan fingerprint density at radius 2 is 1.03 bits per heavy atom. The van der Waals surface area contributed by atoms with Crippen LogP contribution in [0.1, 0.15) is 22.3 Å². The van der Waals surface area contributed by atoms with E-state index in [1.165, 1.54) is 43.8 Å². The van der Waals surface area contributed by atoms with E-state index in [0.717, 1.165) is 78.3 Å². The minimum absolute atomic E-state index is 0.650. The maximum atomic E-state index is 6.92. The number of rotatable bonds is 4. The third-order valence-corrected chi connectivity index (χ3v) is 13.6. The van der Waals surface area contributed by atoms with E-state index in [4.69, 9.17) is 9.15 Å². The Morgan fingerprint density at radius 3 is 1.95 bits per heavy atom. The fourth-order valence-corrected chi connectivity index (χ4v) is 11.1. The van der Waals surface area contributed by atoms with Crippen molar-refractivity contribution in [3.8, 4) is 28.3 Å². The van der Waals surface area contributed by atoms with Crippen molar-refractivity contribution in [2.45, 2.75) is 5.41 Å². The summed E-state index contributed by atoms with van der Waals surface area (Å²) >= 11 is 0. The quantitative estimate of drug-likeness (QED) is 0.178. The summed E-state index contributed by atoms with van der Waals surface area (Å²) in [6.45, 7) is 0. The van der Waals surface area contributed by atoms with Crippen LogP contribution in [0.2, 0.25) is 0 Å². The van der Waals surface area contributed by atoms with Crippen molar-refractivity contribution in [3.05, 3.63) is 241 Å². The second kappa shape index (κ2) is 12.8. The van der Waals surface area contributed by atoms with Gasteiger partial charge in [-0.15, -0.1) is 0 Å². The summed E-state index contributed by atoms with van der Waals surface area (Å²) in [7, 11) is 0. The Labute approximate surface area is 363 Å². The molecule has 4 heteroatoms. The van der Waals surface area contributed by atoms with E-state index >= 15 is 0 Å². The van der Waals surface area contributed by atoms with Crippen molar-refractivity contribution < 1.29 is 9.15 Å². The molecule has 1 unspecified atom stereocenters. The Hall–Kier alpha value is -8.34. The number of benzene rings is 10. The molecule has 294 valence electrons. The van der Waals surface area contributed by atoms with Crippen LogP contribution in [0.5, 0.6) is 11.5 Å². The molecule has 0 bridgehead atoms. The first-order valence-electron chi connectivity index (χ1n) is 21.6. The van der Waals surface area contributed by atoms with Crippen LogP contribution < -0.4 is 9.64 Å². The van der Waals surface area contributed by atoms with Crippen LogP contribution >= 0.6 is 0 Å². The Morgan fingerprint density at radius 1 is 0.381 bits per heavy atom. The van der Waals surface area contributed by atoms with Gasteiger partial charge in [-0.2, -0.15) is 0 Å². The SMILES string of the molecule is c1ccc(N(c2ccc3c(c2)C2(c4ccccc4O3)c3ccccc3-c3cccc4cccc2c34)c2ccc3c(c2)c2ccccc2n3-c2cccc3oc4ccccc4c23)cc1. The van der Waals surface area contributed by atoms with Crippen LogP contribution in [0, 0.1) is 0 Å². The van der Waals surface area contributed by atoms with E-state index in [0.29, 0.717) is 0 Å². The first-order chi connectivity index (χ1) is 31.3. The first kappa shape index (κ1) is 34.4. The number of aromatic nitrogens is 1. The standard InChI is InChI=1S/C59H36N2O2/c1-2-17-38(18-3-1)60(39-31-33-51-45(35-39)42-20-5-9-26-50(42)61(51)52-27-14-30-56-58(52)44-21-6-10-28-53(44)62-56)40-32-34-55-49(36-40)59(47-24-8-11-29-54(47)63-55)46-23-7-4-19-41(46)43-22-12-15-37-16-13-25-48(59)57(37)43/h1-36H. The maximum absolute atomic E-state index is 6.92. The highest BCUT2D eigenvalue weighted by Crippen LogP contribution is 2.62. The monoisotopic (exact) mass is 804 g/mol. The summed E-state index contributed by atoms with van der Waals surface area (Å²) in [6, 6.07) is 79.0. The summed E-state index contributed by atoms with van der Waals surface area (Å²) in [4.78, 5) is 2.40. The fraction of sp³-hybridized carbons (Fsp3) is 0.0169. The zero-order valence-corrected chi connectivity index (χ0v) is 34.0. The number of nitrogens with zero attached hydrogens (tertiary/aromatic N) is 2. The highest BCUT2D eigenvalue weighted by Gasteiger charge is 2.49. The van der Waals surface area contributed by atoms with Gasteiger partial charge in [0.25, 0.3) is 0 Å². The molecule has 2 aliphatic rings. The van der Waals surface area contributed by atoms with Gasteiger partial charge in [0.05, 0.1) is 27.5 Å². The highest BCUT2D eigenvalue weighted by atomic mass is 16.5. The van der Waals surface area contributed by atoms with Gasteiger partial charge in [0, 0.05) is 44.3 Å². The van der Waals surface area contributed by atoms with Crippen molar-refractivity contribution in [2.75, 3.05) is 4.90 Å². The maximum Gasteiger partial charge on any atom is 0.137 e. The second-order valence-corrected chi connectivity index (χ2v) is 16.8. The van der Waals surface area contributed by atoms with Crippen molar-refractivity contribution in [2.24, 2.45) is 0 Å². The molecule has 0 fully saturated rings. The largest absolute Gasteiger partial charge is 0.457 e. The summed E-state index contributed by atoms with van der Waals surface area (Å²) < 4.78 is 15.7. The van der Waals surface area contributed by atoms with E-state index in [9.17, 15) is 0 Å². The number of furan rings is 1. The van der Waals surface area contributed by atoms with E-state index in [2.05, 4.69) is 222 Å². The van der Waals surface area contributed by atoms with Gasteiger partial charge in [-0.3, -0.25) is 0 Å². The predicted octanol–water partition coefficient (Wildman–Crippen LogP) is 15.8. The Bertz CT molecular complexity index is 3850. The fourth-order valence-electron chi connectivity index (χ4n) is 11.1. The Balaban J connectivity index is 1.03. The molecule has 63 heavy (non-hydrogen) atoms. The third-order valence-electron chi connectivity index (χ3n) is 13.6. The van der Waals surface area contributed by atoms with Crippen LogP contribution in [-0.4, -0.2) is 4.57 Å². The van der Waals surface area contributed by atoms with Crippen molar-refractivity contribution in [3.63, 3.8) is 0 Å². The first-order valence-corrected chi connectivity index (χ1v) is 21.6. The minimum atomic E-state index is -0.650. The molecule has 0 radical (unpaired) electrons.